The first-order chi connectivity index (χ1) is 9.51. The van der Waals surface area contributed by atoms with Crippen molar-refractivity contribution in [1.29, 1.82) is 0 Å². The van der Waals surface area contributed by atoms with Gasteiger partial charge in [-0.2, -0.15) is 0 Å². The van der Waals surface area contributed by atoms with E-state index >= 15 is 0 Å². The summed E-state index contributed by atoms with van der Waals surface area (Å²) < 4.78 is 37.7. The Morgan fingerprint density at radius 2 is 2.00 bits per heavy atom. The minimum absolute atomic E-state index is 0.0365. The molecule has 0 heterocycles. The lowest BCUT2D eigenvalue weighted by Gasteiger charge is -2.26. The highest BCUT2D eigenvalue weighted by atomic mass is 32.2. The van der Waals surface area contributed by atoms with Gasteiger partial charge in [-0.25, -0.2) is 13.1 Å². The SMILES string of the molecule is COc1cc(S(=O)(=O)NC2CCC2)cc(CN)c1OC. The molecule has 0 atom stereocenters. The van der Waals surface area contributed by atoms with Gasteiger partial charge in [-0.1, -0.05) is 6.42 Å². The lowest BCUT2D eigenvalue weighted by Crippen LogP contribution is -2.39. The predicted molar refractivity (Wildman–Crippen MR) is 75.4 cm³/mol. The van der Waals surface area contributed by atoms with Crippen LogP contribution < -0.4 is 19.9 Å². The Labute approximate surface area is 119 Å². The van der Waals surface area contributed by atoms with E-state index in [1.165, 1.54) is 26.4 Å². The number of hydrogen-bond acceptors (Lipinski definition) is 5. The van der Waals surface area contributed by atoms with E-state index < -0.39 is 10.0 Å². The second-order valence-electron chi connectivity index (χ2n) is 4.77. The monoisotopic (exact) mass is 300 g/mol. The molecule has 20 heavy (non-hydrogen) atoms. The molecule has 0 amide bonds. The van der Waals surface area contributed by atoms with Gasteiger partial charge in [-0.15, -0.1) is 0 Å². The molecule has 1 aliphatic rings. The van der Waals surface area contributed by atoms with Gasteiger partial charge < -0.3 is 15.2 Å². The van der Waals surface area contributed by atoms with Crippen molar-refractivity contribution in [1.82, 2.24) is 4.72 Å². The molecule has 2 rings (SSSR count). The smallest absolute Gasteiger partial charge is 0.240 e. The quantitative estimate of drug-likeness (QED) is 0.817. The van der Waals surface area contributed by atoms with Crippen LogP contribution in [0, 0.1) is 0 Å². The van der Waals surface area contributed by atoms with Crippen LogP contribution in [0.3, 0.4) is 0 Å². The van der Waals surface area contributed by atoms with Gasteiger partial charge in [0.15, 0.2) is 11.5 Å². The van der Waals surface area contributed by atoms with Gasteiger partial charge in [-0.05, 0) is 18.9 Å². The molecule has 0 aliphatic heterocycles. The summed E-state index contributed by atoms with van der Waals surface area (Å²) in [5.41, 5.74) is 6.25. The van der Waals surface area contributed by atoms with Crippen molar-refractivity contribution in [2.75, 3.05) is 14.2 Å². The van der Waals surface area contributed by atoms with E-state index in [4.69, 9.17) is 15.2 Å². The average molecular weight is 300 g/mol. The molecule has 0 unspecified atom stereocenters. The molecule has 6 nitrogen and oxygen atoms in total. The summed E-state index contributed by atoms with van der Waals surface area (Å²) >= 11 is 0. The maximum absolute atomic E-state index is 12.3. The first kappa shape index (κ1) is 15.1. The molecular formula is C13H20N2O4S. The van der Waals surface area contributed by atoms with Crippen LogP contribution in [0.25, 0.3) is 0 Å². The van der Waals surface area contributed by atoms with Crippen molar-refractivity contribution in [3.8, 4) is 11.5 Å². The molecule has 0 spiro atoms. The Morgan fingerprint density at radius 1 is 1.30 bits per heavy atom. The van der Waals surface area contributed by atoms with Gasteiger partial charge in [0.05, 0.1) is 19.1 Å². The summed E-state index contributed by atoms with van der Waals surface area (Å²) in [4.78, 5) is 0.155. The van der Waals surface area contributed by atoms with E-state index in [0.717, 1.165) is 19.3 Å². The number of sulfonamides is 1. The third-order valence-corrected chi connectivity index (χ3v) is 4.99. The van der Waals surface area contributed by atoms with Gasteiger partial charge in [-0.3, -0.25) is 0 Å². The molecule has 0 aromatic heterocycles. The van der Waals surface area contributed by atoms with E-state index in [9.17, 15) is 8.42 Å². The number of rotatable bonds is 6. The van der Waals surface area contributed by atoms with Gasteiger partial charge in [0.1, 0.15) is 0 Å². The fourth-order valence-corrected chi connectivity index (χ4v) is 3.51. The summed E-state index contributed by atoms with van der Waals surface area (Å²) in [5, 5.41) is 0. The fraction of sp³-hybridized carbons (Fsp3) is 0.538. The first-order valence-electron chi connectivity index (χ1n) is 6.49. The summed E-state index contributed by atoms with van der Waals surface area (Å²) in [6, 6.07) is 3.02. The number of nitrogens with one attached hydrogen (secondary N) is 1. The van der Waals surface area contributed by atoms with Gasteiger partial charge in [0, 0.05) is 24.2 Å². The summed E-state index contributed by atoms with van der Waals surface area (Å²) in [7, 11) is -0.588. The lowest BCUT2D eigenvalue weighted by molar-refractivity contribution is 0.350. The van der Waals surface area contributed by atoms with Gasteiger partial charge in [0.2, 0.25) is 10.0 Å². The Bertz CT molecular complexity index is 557. The molecule has 1 aromatic rings. The molecule has 1 aliphatic carbocycles. The van der Waals surface area contributed by atoms with Crippen molar-refractivity contribution in [3.05, 3.63) is 17.7 Å². The number of benzene rings is 1. The highest BCUT2D eigenvalue weighted by Gasteiger charge is 2.26. The molecule has 1 fully saturated rings. The van der Waals surface area contributed by atoms with Crippen molar-refractivity contribution >= 4 is 10.0 Å². The van der Waals surface area contributed by atoms with E-state index in [2.05, 4.69) is 4.72 Å². The lowest BCUT2D eigenvalue weighted by atomic mass is 9.94. The van der Waals surface area contributed by atoms with Crippen LogP contribution in [0.2, 0.25) is 0 Å². The molecular weight excluding hydrogens is 280 g/mol. The topological polar surface area (TPSA) is 90.7 Å². The molecule has 0 bridgehead atoms. The summed E-state index contributed by atoms with van der Waals surface area (Å²) in [6.07, 6.45) is 2.83. The van der Waals surface area contributed by atoms with Gasteiger partial charge >= 0.3 is 0 Å². The Balaban J connectivity index is 2.40. The normalized spacial score (nSPS) is 15.8. The highest BCUT2D eigenvalue weighted by Crippen LogP contribution is 2.34. The third-order valence-electron chi connectivity index (χ3n) is 3.49. The zero-order chi connectivity index (χ0) is 14.8. The molecule has 112 valence electrons. The maximum atomic E-state index is 12.3. The zero-order valence-electron chi connectivity index (χ0n) is 11.7. The number of ether oxygens (including phenoxy) is 2. The van der Waals surface area contributed by atoms with Crippen molar-refractivity contribution in [3.63, 3.8) is 0 Å². The average Bonchev–Trinajstić information content (AvgIpc) is 2.41. The van der Waals surface area contributed by atoms with Crippen LogP contribution in [0.15, 0.2) is 17.0 Å². The number of methoxy groups -OCH3 is 2. The molecule has 0 radical (unpaired) electrons. The second kappa shape index (κ2) is 5.99. The predicted octanol–water partition coefficient (Wildman–Crippen LogP) is 0.993. The van der Waals surface area contributed by atoms with E-state index in [-0.39, 0.29) is 17.5 Å². The first-order valence-corrected chi connectivity index (χ1v) is 7.97. The van der Waals surface area contributed by atoms with Crippen molar-refractivity contribution < 1.29 is 17.9 Å². The summed E-state index contributed by atoms with van der Waals surface area (Å²) in [6.45, 7) is 0.173. The number of hydrogen-bond donors (Lipinski definition) is 2. The molecule has 0 saturated heterocycles. The van der Waals surface area contributed by atoms with Crippen molar-refractivity contribution in [2.45, 2.75) is 36.7 Å². The minimum atomic E-state index is -3.55. The number of nitrogens with two attached hydrogens (primary N) is 1. The van der Waals surface area contributed by atoms with Crippen molar-refractivity contribution in [2.24, 2.45) is 5.73 Å². The molecule has 7 heteroatoms. The zero-order valence-corrected chi connectivity index (χ0v) is 12.5. The third kappa shape index (κ3) is 2.89. The van der Waals surface area contributed by atoms with Crippen LogP contribution in [0.5, 0.6) is 11.5 Å². The molecule has 1 aromatic carbocycles. The van der Waals surface area contributed by atoms with Crippen LogP contribution in [-0.2, 0) is 16.6 Å². The van der Waals surface area contributed by atoms with Crippen LogP contribution in [0.4, 0.5) is 0 Å². The highest BCUT2D eigenvalue weighted by molar-refractivity contribution is 7.89. The summed E-state index contributed by atoms with van der Waals surface area (Å²) in [5.74, 6) is 0.835. The molecule has 3 N–H and O–H groups in total. The second-order valence-corrected chi connectivity index (χ2v) is 6.49. The van der Waals surface area contributed by atoms with Crippen LogP contribution in [-0.4, -0.2) is 28.7 Å². The standard InChI is InChI=1S/C13H20N2O4S/c1-18-12-7-11(6-9(8-14)13(12)19-2)20(16,17)15-10-4-3-5-10/h6-7,10,15H,3-5,8,14H2,1-2H3. The van der Waals surface area contributed by atoms with E-state index in [0.29, 0.717) is 17.1 Å². The Kier molecular flexibility index (Phi) is 4.52. The van der Waals surface area contributed by atoms with E-state index in [1.807, 2.05) is 0 Å². The maximum Gasteiger partial charge on any atom is 0.240 e. The van der Waals surface area contributed by atoms with Crippen LogP contribution in [0.1, 0.15) is 24.8 Å². The minimum Gasteiger partial charge on any atom is -0.493 e. The Morgan fingerprint density at radius 3 is 2.45 bits per heavy atom. The van der Waals surface area contributed by atoms with Gasteiger partial charge in [0.25, 0.3) is 0 Å². The fourth-order valence-electron chi connectivity index (χ4n) is 2.14. The largest absolute Gasteiger partial charge is 0.493 e. The molecule has 1 saturated carbocycles. The van der Waals surface area contributed by atoms with E-state index in [1.54, 1.807) is 0 Å². The Hall–Kier alpha value is -1.31. The van der Waals surface area contributed by atoms with Crippen LogP contribution >= 0.6 is 0 Å².